The fourth-order valence-electron chi connectivity index (χ4n) is 2.49. The minimum absolute atomic E-state index is 0. The molecule has 0 aliphatic rings. The molecule has 1 aromatic rings. The van der Waals surface area contributed by atoms with E-state index in [1.807, 2.05) is 0 Å². The second-order valence-corrected chi connectivity index (χ2v) is 11.0. The summed E-state index contributed by atoms with van der Waals surface area (Å²) in [5, 5.41) is 3.37. The SMILES string of the molecule is [CH2-]COCCCCCCCCCc1ccc(C#CS(C)(C)C)cc1.[K+]. The number of aryl methyl sites for hydroxylation is 1. The van der Waals surface area contributed by atoms with Gasteiger partial charge in [-0.1, -0.05) is 56.8 Å². The van der Waals surface area contributed by atoms with E-state index >= 15 is 0 Å². The monoisotopic (exact) mass is 386 g/mol. The van der Waals surface area contributed by atoms with E-state index in [9.17, 15) is 0 Å². The fourth-order valence-corrected chi connectivity index (χ4v) is 2.91. The largest absolute Gasteiger partial charge is 1.00 e. The van der Waals surface area contributed by atoms with Gasteiger partial charge in [0.05, 0.1) is 0 Å². The minimum Gasteiger partial charge on any atom is -0.413 e. The number of unbranched alkanes of at least 4 members (excludes halogenated alkanes) is 6. The molecular formula is C22H35KOS. The smallest absolute Gasteiger partial charge is 0.413 e. The Kier molecular flexibility index (Phi) is 16.2. The summed E-state index contributed by atoms with van der Waals surface area (Å²) >= 11 is 0. The maximum absolute atomic E-state index is 5.25. The van der Waals surface area contributed by atoms with Gasteiger partial charge in [0.25, 0.3) is 0 Å². The van der Waals surface area contributed by atoms with Crippen molar-refractivity contribution in [2.24, 2.45) is 0 Å². The molecule has 0 bridgehead atoms. The predicted octanol–water partition coefficient (Wildman–Crippen LogP) is 2.82. The fraction of sp³-hybridized carbons (Fsp3) is 0.591. The van der Waals surface area contributed by atoms with Gasteiger partial charge in [0, 0.05) is 12.2 Å². The first-order valence-electron chi connectivity index (χ1n) is 9.18. The van der Waals surface area contributed by atoms with Gasteiger partial charge in [0.15, 0.2) is 0 Å². The van der Waals surface area contributed by atoms with E-state index in [-0.39, 0.29) is 51.4 Å². The van der Waals surface area contributed by atoms with Crippen LogP contribution >= 0.6 is 10.0 Å². The standard InChI is InChI=1S/C22H35OS.K/c1-5-23-19-12-10-8-6-7-9-11-13-21-14-16-22(17-15-21)18-20-24(2,3)4;/h14-17H,1,5-13,19H2,2-4H3;/q-1;+1. The second kappa shape index (κ2) is 15.8. The zero-order valence-electron chi connectivity index (χ0n) is 16.9. The third-order valence-corrected chi connectivity index (χ3v) is 4.57. The second-order valence-electron chi connectivity index (χ2n) is 7.10. The third-order valence-electron chi connectivity index (χ3n) is 3.85. The Morgan fingerprint density at radius 3 is 2.00 bits per heavy atom. The van der Waals surface area contributed by atoms with E-state index in [0.29, 0.717) is 6.61 Å². The van der Waals surface area contributed by atoms with Crippen LogP contribution in [0.5, 0.6) is 0 Å². The average Bonchev–Trinajstić information content (AvgIpc) is 2.55. The van der Waals surface area contributed by atoms with Crippen molar-refractivity contribution in [1.29, 1.82) is 0 Å². The van der Waals surface area contributed by atoms with E-state index in [2.05, 4.69) is 61.1 Å². The summed E-state index contributed by atoms with van der Waals surface area (Å²) in [4.78, 5) is 0. The first-order chi connectivity index (χ1) is 11.5. The van der Waals surface area contributed by atoms with E-state index < -0.39 is 10.0 Å². The number of hydrogen-bond acceptors (Lipinski definition) is 1. The maximum Gasteiger partial charge on any atom is 1.00 e. The molecule has 0 aromatic heterocycles. The molecule has 0 saturated heterocycles. The molecule has 1 nitrogen and oxygen atoms in total. The summed E-state index contributed by atoms with van der Waals surface area (Å²) in [5.41, 5.74) is 2.58. The minimum atomic E-state index is -0.735. The predicted molar refractivity (Wildman–Crippen MR) is 111 cm³/mol. The van der Waals surface area contributed by atoms with Gasteiger partial charge in [-0.3, -0.25) is 0 Å². The van der Waals surface area contributed by atoms with Crippen molar-refractivity contribution < 1.29 is 56.1 Å². The molecule has 136 valence electrons. The van der Waals surface area contributed by atoms with Crippen LogP contribution in [0.4, 0.5) is 0 Å². The van der Waals surface area contributed by atoms with Gasteiger partial charge in [-0.05, 0) is 61.0 Å². The van der Waals surface area contributed by atoms with Crippen LogP contribution in [-0.2, 0) is 11.2 Å². The van der Waals surface area contributed by atoms with Crippen molar-refractivity contribution >= 4 is 10.0 Å². The Hall–Kier alpha value is 0.726. The summed E-state index contributed by atoms with van der Waals surface area (Å²) in [5.74, 6) is 3.30. The number of hydrogen-bond donors (Lipinski definition) is 0. The van der Waals surface area contributed by atoms with E-state index in [0.717, 1.165) is 12.2 Å². The summed E-state index contributed by atoms with van der Waals surface area (Å²) < 4.78 is 5.25. The molecule has 1 rings (SSSR count). The molecule has 0 spiro atoms. The Morgan fingerprint density at radius 1 is 0.880 bits per heavy atom. The maximum atomic E-state index is 5.25. The first kappa shape index (κ1) is 25.7. The van der Waals surface area contributed by atoms with Crippen LogP contribution in [0, 0.1) is 18.1 Å². The average molecular weight is 387 g/mol. The summed E-state index contributed by atoms with van der Waals surface area (Å²) in [6, 6.07) is 8.82. The van der Waals surface area contributed by atoms with E-state index in [1.54, 1.807) is 0 Å². The van der Waals surface area contributed by atoms with Crippen LogP contribution in [-0.4, -0.2) is 32.0 Å². The molecule has 0 saturated carbocycles. The van der Waals surface area contributed by atoms with E-state index in [4.69, 9.17) is 4.74 Å². The Balaban J connectivity index is 0.00000576. The van der Waals surface area contributed by atoms with Gasteiger partial charge in [-0.2, -0.15) is 10.0 Å². The zero-order chi connectivity index (χ0) is 17.7. The van der Waals surface area contributed by atoms with Crippen molar-refractivity contribution in [3.63, 3.8) is 0 Å². The van der Waals surface area contributed by atoms with Crippen molar-refractivity contribution in [3.8, 4) is 11.2 Å². The Labute approximate surface area is 200 Å². The van der Waals surface area contributed by atoms with Crippen LogP contribution < -0.4 is 51.4 Å². The topological polar surface area (TPSA) is 9.23 Å². The molecule has 0 amide bonds. The molecule has 0 fully saturated rings. The quantitative estimate of drug-likeness (QED) is 0.246. The molecule has 3 heteroatoms. The number of benzene rings is 1. The van der Waals surface area contributed by atoms with Crippen LogP contribution in [0.2, 0.25) is 0 Å². The molecule has 0 radical (unpaired) electrons. The molecule has 0 N–H and O–H groups in total. The molecule has 0 aliphatic carbocycles. The van der Waals surface area contributed by atoms with Gasteiger partial charge in [-0.15, -0.1) is 0 Å². The summed E-state index contributed by atoms with van der Waals surface area (Å²) in [7, 11) is -0.735. The van der Waals surface area contributed by atoms with Crippen molar-refractivity contribution in [2.45, 2.75) is 51.4 Å². The van der Waals surface area contributed by atoms with Gasteiger partial charge >= 0.3 is 51.4 Å². The Morgan fingerprint density at radius 2 is 1.44 bits per heavy atom. The zero-order valence-corrected chi connectivity index (χ0v) is 20.8. The van der Waals surface area contributed by atoms with Gasteiger partial charge < -0.3 is 11.7 Å². The van der Waals surface area contributed by atoms with Crippen LogP contribution in [0.1, 0.15) is 56.1 Å². The van der Waals surface area contributed by atoms with Crippen molar-refractivity contribution in [2.75, 3.05) is 32.0 Å². The molecule has 1 aromatic carbocycles. The Bertz CT molecular complexity index is 493. The first-order valence-corrected chi connectivity index (χ1v) is 12.0. The third kappa shape index (κ3) is 15.5. The molecule has 0 unspecified atom stereocenters. The van der Waals surface area contributed by atoms with Crippen molar-refractivity contribution in [1.82, 2.24) is 0 Å². The van der Waals surface area contributed by atoms with Crippen molar-refractivity contribution in [3.05, 3.63) is 42.3 Å². The van der Waals surface area contributed by atoms with Crippen LogP contribution in [0.25, 0.3) is 0 Å². The molecule has 0 aliphatic heterocycles. The number of rotatable bonds is 11. The van der Waals surface area contributed by atoms with Crippen LogP contribution in [0.15, 0.2) is 24.3 Å². The molecule has 0 atom stereocenters. The number of ether oxygens (including phenoxy) is 1. The molecule has 0 heterocycles. The summed E-state index contributed by atoms with van der Waals surface area (Å²) in [6.45, 7) is 5.15. The van der Waals surface area contributed by atoms with E-state index in [1.165, 1.54) is 56.9 Å². The van der Waals surface area contributed by atoms with Gasteiger partial charge in [0.2, 0.25) is 0 Å². The van der Waals surface area contributed by atoms with Gasteiger partial charge in [-0.25, -0.2) is 0 Å². The normalized spacial score (nSPS) is 11.4. The van der Waals surface area contributed by atoms with Gasteiger partial charge in [0.1, 0.15) is 0 Å². The summed E-state index contributed by atoms with van der Waals surface area (Å²) in [6.07, 6.45) is 17.0. The molecular weight excluding hydrogens is 351 g/mol. The van der Waals surface area contributed by atoms with Crippen LogP contribution in [0.3, 0.4) is 0 Å². The molecule has 25 heavy (non-hydrogen) atoms.